The summed E-state index contributed by atoms with van der Waals surface area (Å²) in [5, 5.41) is 18.8. The number of halogens is 4. The number of nitrogens with zero attached hydrogens (tertiary/aromatic N) is 22. The smallest absolute Gasteiger partial charge is 0.319 e. The molecule has 8 amide bonds. The van der Waals surface area contributed by atoms with E-state index in [0.717, 1.165) is 116 Å². The van der Waals surface area contributed by atoms with Crippen molar-refractivity contribution in [2.24, 2.45) is 39.2 Å². The second-order valence-corrected chi connectivity index (χ2v) is 41.1. The van der Waals surface area contributed by atoms with Gasteiger partial charge in [-0.25, -0.2) is 37.5 Å². The summed E-state index contributed by atoms with van der Waals surface area (Å²) in [6.45, 7) is 14.3. The number of nitriles is 2. The van der Waals surface area contributed by atoms with Gasteiger partial charge in [0.2, 0.25) is 0 Å². The molecular formula is C101H124F4N30O14. The number of carbonyl (C=O) groups is 8. The number of ether oxygens (including phenoxy) is 6. The van der Waals surface area contributed by atoms with Crippen LogP contribution >= 0.6 is 0 Å². The van der Waals surface area contributed by atoms with Crippen LogP contribution in [0.15, 0.2) is 72.8 Å². The summed E-state index contributed by atoms with van der Waals surface area (Å²) in [5.41, 5.74) is 49.1. The summed E-state index contributed by atoms with van der Waals surface area (Å²) in [7, 11) is 0. The number of piperidine rings is 4. The van der Waals surface area contributed by atoms with Gasteiger partial charge in [-0.3, -0.25) is 38.4 Å². The number of anilines is 8. The molecule has 2 aliphatic carbocycles. The molecule has 1 unspecified atom stereocenters. The van der Waals surface area contributed by atoms with Gasteiger partial charge in [-0.15, -0.1) is 0 Å². The third kappa shape index (κ3) is 25.5. The molecule has 18 heterocycles. The summed E-state index contributed by atoms with van der Waals surface area (Å²) in [4.78, 5) is 166. The number of pyridine rings is 4. The van der Waals surface area contributed by atoms with Crippen LogP contribution in [0.25, 0.3) is 0 Å². The van der Waals surface area contributed by atoms with Crippen LogP contribution in [0, 0.1) is 38.9 Å². The summed E-state index contributed by atoms with van der Waals surface area (Å²) < 4.78 is 89.5. The maximum absolute atomic E-state index is 13.8. The molecule has 5 atom stereocenters. The normalized spacial score (nSPS) is 21.7. The van der Waals surface area contributed by atoms with Crippen molar-refractivity contribution in [3.8, 4) is 36.2 Å². The zero-order chi connectivity index (χ0) is 105. The maximum atomic E-state index is 13.8. The lowest BCUT2D eigenvalue weighted by atomic mass is 9.84. The van der Waals surface area contributed by atoms with E-state index in [2.05, 4.69) is 95.6 Å². The lowest BCUT2D eigenvalue weighted by molar-refractivity contribution is 0.0119. The summed E-state index contributed by atoms with van der Waals surface area (Å²) in [5.74, 6) is -4.30. The molecule has 0 aromatic carbocycles. The van der Waals surface area contributed by atoms with Crippen LogP contribution in [0.4, 0.5) is 63.6 Å². The Kier molecular flexibility index (Phi) is 31.7. The Bertz CT molecular complexity index is 6230. The summed E-state index contributed by atoms with van der Waals surface area (Å²) in [6.07, 6.45) is 9.72. The summed E-state index contributed by atoms with van der Waals surface area (Å²) in [6, 6.07) is 25.5. The number of nitrogen functional groups attached to an aromatic ring is 4. The molecule has 12 aliphatic rings. The van der Waals surface area contributed by atoms with Crippen molar-refractivity contribution in [3.05, 3.63) is 141 Å². The van der Waals surface area contributed by atoms with Crippen molar-refractivity contribution in [2.45, 2.75) is 197 Å². The average Bonchev–Trinajstić information content (AvgIpc) is 1.54. The molecule has 0 radical (unpaired) electrons. The molecule has 44 nitrogen and oxygen atoms in total. The van der Waals surface area contributed by atoms with Crippen LogP contribution in [0.3, 0.4) is 0 Å². The highest BCUT2D eigenvalue weighted by atomic mass is 19.3. The average molecular weight is 2060 g/mol. The van der Waals surface area contributed by atoms with E-state index in [1.54, 1.807) is 58.3 Å². The molecule has 48 heteroatoms. The lowest BCUT2D eigenvalue weighted by Gasteiger charge is -2.45. The predicted molar refractivity (Wildman–Crippen MR) is 534 cm³/mol. The number of primary amides is 4. The lowest BCUT2D eigenvalue weighted by Crippen LogP contribution is -2.55. The minimum atomic E-state index is -2.91. The Labute approximate surface area is 856 Å². The van der Waals surface area contributed by atoms with Crippen molar-refractivity contribution < 1.29 is 84.3 Å². The van der Waals surface area contributed by atoms with Crippen molar-refractivity contribution in [1.82, 2.24) is 79.4 Å². The Hall–Kier alpha value is -15.1. The third-order valence-electron chi connectivity index (χ3n) is 29.3. The van der Waals surface area contributed by atoms with Crippen molar-refractivity contribution >= 4 is 93.3 Å². The fourth-order valence-corrected chi connectivity index (χ4v) is 19.8. The van der Waals surface area contributed by atoms with Gasteiger partial charge in [0.05, 0.1) is 77.6 Å². The molecule has 16 N–H and O–H groups in total. The van der Waals surface area contributed by atoms with Gasteiger partial charge >= 0.3 is 24.0 Å². The van der Waals surface area contributed by atoms with Crippen LogP contribution in [-0.2, 0) is 9.47 Å². The fraction of sp³-hybridized carbons (Fsp3) is 0.545. The van der Waals surface area contributed by atoms with E-state index in [1.165, 1.54) is 12.1 Å². The largest absolute Gasteiger partial charge is 0.462 e. The van der Waals surface area contributed by atoms with E-state index in [9.17, 15) is 66.4 Å². The molecule has 8 aromatic rings. The number of hydrogen-bond donors (Lipinski definition) is 8. The van der Waals surface area contributed by atoms with Gasteiger partial charge in [0.15, 0.2) is 35.1 Å². The van der Waals surface area contributed by atoms with Crippen LogP contribution in [0.5, 0.6) is 24.0 Å². The predicted octanol–water partition coefficient (Wildman–Crippen LogP) is 7.56. The minimum Gasteiger partial charge on any atom is -0.462 e. The fourth-order valence-electron chi connectivity index (χ4n) is 19.8. The third-order valence-corrected chi connectivity index (χ3v) is 29.3. The van der Waals surface area contributed by atoms with E-state index in [-0.39, 0.29) is 193 Å². The number of nitrogens with two attached hydrogens (primary N) is 8. The second-order valence-electron chi connectivity index (χ2n) is 41.1. The number of hydrogen-bond acceptors (Lipinski definition) is 36. The summed E-state index contributed by atoms with van der Waals surface area (Å²) >= 11 is 0. The second kappa shape index (κ2) is 44.9. The Morgan fingerprint density at radius 3 is 0.960 bits per heavy atom. The van der Waals surface area contributed by atoms with Crippen LogP contribution < -0.4 is 84.4 Å². The van der Waals surface area contributed by atoms with Crippen molar-refractivity contribution in [2.75, 3.05) is 180 Å². The van der Waals surface area contributed by atoms with E-state index in [0.29, 0.717) is 146 Å². The first kappa shape index (κ1) is 105. The highest BCUT2D eigenvalue weighted by Gasteiger charge is 2.48. The van der Waals surface area contributed by atoms with Gasteiger partial charge in [-0.05, 0) is 170 Å². The topological polar surface area (TPSA) is 628 Å². The molecule has 20 rings (SSSR count). The van der Waals surface area contributed by atoms with Gasteiger partial charge in [-0.2, -0.15) is 50.4 Å². The van der Waals surface area contributed by atoms with Crippen LogP contribution in [0.2, 0.25) is 0 Å². The molecule has 0 bridgehead atoms. The number of likely N-dealkylation sites (tertiary alicyclic amines) is 4. The molecule has 790 valence electrons. The molecule has 2 saturated carbocycles. The number of rotatable bonds is 28. The molecule has 8 aromatic heterocycles. The minimum absolute atomic E-state index is 0.0146. The first-order chi connectivity index (χ1) is 71.3. The molecule has 10 saturated heterocycles. The number of alkyl halides is 4. The zero-order valence-electron chi connectivity index (χ0n) is 83.4. The Morgan fingerprint density at radius 2 is 0.698 bits per heavy atom. The first-order valence-electron chi connectivity index (χ1n) is 50.6. The number of aromatic nitrogens is 12. The van der Waals surface area contributed by atoms with Crippen LogP contribution in [-0.4, -0.2) is 301 Å². The maximum Gasteiger partial charge on any atom is 0.319 e. The van der Waals surface area contributed by atoms with Crippen molar-refractivity contribution in [1.29, 1.82) is 10.5 Å². The standard InChI is InChI=1S/C26H32N8O3.2C25H31F2N7O4.C25H30N8O3/c1-25(2)13-34(14-25)23(36)19-11-20(32-24(31-19)37-15-26(12-27)7-8-26)33-9-5-16(6-10-33)18-4-3-17(28)21(30-18)22(29)35;26-25(27)7-10-34(14-25)23(36)19-12-20(32-24(31-19)38-13-16-2-1-11-37-16)33-8-5-15(6-9-33)18-4-3-17(28)21(30-18)22(29)35;26-16-11-34(12-17(16)27)24(36)20-10-21(32-25(31-20)38-13-15-2-1-9-37-15)33-7-5-14(6-8-33)19-4-3-18(28)22(30-19)23(29)35;1-15-4-11-33(15)23(35)19-12-20(31-24(30-19)36-14-25(13-26)7-8-25)32-9-5-16(6-10-32)18-3-2-17(27)21(29-18)22(28)34/h3-4,11,16H,5-10,13-15,28H2,1-2H3,(H2,29,35);3-4,12,15-16H,1-2,5-11,13-14,28H2,(H2,29,35);3-4,10,14-17H,1-2,5-9,11-13,28H2,(H2,29,35);2-3,12,15-16H,4-11,14,27H2,1H3,(H2,28,34)/t;16-;15-,16+,17+;/m.11./s1. The SMILES string of the molecule is CC1(C)CN(C(=O)c2cc(N3CCC(c4ccc(N)c(C(N)=O)n4)CC3)nc(OCC3(C#N)CC3)n2)C1.CC1CCN1C(=O)c1cc(N2CCC(c3ccc(N)c(C(N)=O)n3)CC2)nc(OCC2(C#N)CC2)n1.NC(=O)c1nc(C2CCN(c3cc(C(=O)N4CCC(F)(F)C4)nc(OC[C@H]4CCCO4)n3)CC2)ccc1N.NC(=O)c1nc(C2CCN(c3cc(C(=O)N4C[C@H](F)[C@@H](F)C4)nc(OC[C@H]4CCCO4)n3)CC2)ccc1N. The molecular weight excluding hydrogens is 1930 g/mol. The van der Waals surface area contributed by atoms with E-state index in [4.69, 9.17) is 74.3 Å². The Balaban J connectivity index is 0.000000135. The van der Waals surface area contributed by atoms with Gasteiger partial charge < -0.3 is 113 Å². The van der Waals surface area contributed by atoms with Gasteiger partial charge in [0.25, 0.3) is 53.2 Å². The van der Waals surface area contributed by atoms with Crippen molar-refractivity contribution in [3.63, 3.8) is 0 Å². The number of amides is 8. The first-order valence-corrected chi connectivity index (χ1v) is 50.6. The van der Waals surface area contributed by atoms with Gasteiger partial charge in [0, 0.05) is 175 Å². The molecule has 0 spiro atoms. The Morgan fingerprint density at radius 1 is 0.389 bits per heavy atom. The zero-order valence-corrected chi connectivity index (χ0v) is 83.4. The van der Waals surface area contributed by atoms with Gasteiger partial charge in [0.1, 0.15) is 72.5 Å². The highest BCUT2D eigenvalue weighted by Crippen LogP contribution is 2.47. The molecule has 10 aliphatic heterocycles. The van der Waals surface area contributed by atoms with E-state index in [1.807, 2.05) is 28.9 Å². The molecule has 12 fully saturated rings. The van der Waals surface area contributed by atoms with Crippen LogP contribution in [0.1, 0.15) is 267 Å². The van der Waals surface area contributed by atoms with E-state index < -0.39 is 71.1 Å². The quantitative estimate of drug-likeness (QED) is 0.0219. The van der Waals surface area contributed by atoms with Gasteiger partial charge in [-0.1, -0.05) is 13.8 Å². The molecule has 149 heavy (non-hydrogen) atoms. The van der Waals surface area contributed by atoms with E-state index >= 15 is 0 Å². The highest BCUT2D eigenvalue weighted by molar-refractivity contribution is 5.99. The number of carbonyl (C=O) groups excluding carboxylic acids is 8. The monoisotopic (exact) mass is 2060 g/mol.